The van der Waals surface area contributed by atoms with Crippen LogP contribution in [0.3, 0.4) is 0 Å². The molecule has 5 nitrogen and oxygen atoms in total. The molecule has 0 radical (unpaired) electrons. The Bertz CT molecular complexity index is 452. The van der Waals surface area contributed by atoms with Crippen LogP contribution in [0, 0.1) is 0 Å². The van der Waals surface area contributed by atoms with Gasteiger partial charge in [-0.2, -0.15) is 9.97 Å². The third kappa shape index (κ3) is 1.60. The van der Waals surface area contributed by atoms with Gasteiger partial charge in [-0.3, -0.25) is 0 Å². The Labute approximate surface area is 87.1 Å². The van der Waals surface area contributed by atoms with E-state index in [1.165, 1.54) is 0 Å². The Morgan fingerprint density at radius 2 is 1.93 bits per heavy atom. The summed E-state index contributed by atoms with van der Waals surface area (Å²) in [4.78, 5) is 7.21. The zero-order valence-electron chi connectivity index (χ0n) is 8.77. The van der Waals surface area contributed by atoms with Crippen LogP contribution in [0.2, 0.25) is 0 Å². The summed E-state index contributed by atoms with van der Waals surface area (Å²) >= 11 is 0. The SMILES string of the molecule is CC1=CC(C)(C)Oc2nc(O)nc(O)c21. The summed E-state index contributed by atoms with van der Waals surface area (Å²) in [5, 5.41) is 18.7. The van der Waals surface area contributed by atoms with E-state index in [9.17, 15) is 5.11 Å². The predicted octanol–water partition coefficient (Wildman–Crippen LogP) is 1.46. The van der Waals surface area contributed by atoms with Crippen LogP contribution in [0.25, 0.3) is 5.57 Å². The van der Waals surface area contributed by atoms with Crippen LogP contribution < -0.4 is 4.74 Å². The molecule has 2 rings (SSSR count). The van der Waals surface area contributed by atoms with Gasteiger partial charge in [0.05, 0.1) is 0 Å². The number of nitrogens with zero attached hydrogens (tertiary/aromatic N) is 2. The Balaban J connectivity index is 2.65. The van der Waals surface area contributed by atoms with Crippen molar-refractivity contribution in [2.75, 3.05) is 0 Å². The first-order chi connectivity index (χ1) is 6.89. The van der Waals surface area contributed by atoms with Gasteiger partial charge >= 0.3 is 6.01 Å². The molecule has 0 unspecified atom stereocenters. The van der Waals surface area contributed by atoms with E-state index < -0.39 is 11.6 Å². The maximum Gasteiger partial charge on any atom is 0.320 e. The van der Waals surface area contributed by atoms with Gasteiger partial charge in [0.25, 0.3) is 0 Å². The minimum atomic E-state index is -0.496. The minimum Gasteiger partial charge on any atom is -0.493 e. The highest BCUT2D eigenvalue weighted by atomic mass is 16.5. The van der Waals surface area contributed by atoms with E-state index in [1.807, 2.05) is 26.8 Å². The van der Waals surface area contributed by atoms with Crippen LogP contribution in [0.1, 0.15) is 26.3 Å². The van der Waals surface area contributed by atoms with Crippen molar-refractivity contribution in [1.82, 2.24) is 9.97 Å². The Morgan fingerprint density at radius 1 is 1.27 bits per heavy atom. The molecule has 1 aromatic heterocycles. The fourth-order valence-corrected chi connectivity index (χ4v) is 1.71. The second kappa shape index (κ2) is 2.85. The molecule has 5 heteroatoms. The molecule has 80 valence electrons. The van der Waals surface area contributed by atoms with Crippen molar-refractivity contribution in [3.8, 4) is 17.8 Å². The van der Waals surface area contributed by atoms with E-state index in [-0.39, 0.29) is 11.8 Å². The summed E-state index contributed by atoms with van der Waals surface area (Å²) in [6.07, 6.45) is 1.87. The zero-order chi connectivity index (χ0) is 11.2. The number of aromatic nitrogens is 2. The lowest BCUT2D eigenvalue weighted by Gasteiger charge is -2.28. The number of hydrogen-bond donors (Lipinski definition) is 2. The van der Waals surface area contributed by atoms with E-state index in [4.69, 9.17) is 9.84 Å². The van der Waals surface area contributed by atoms with Crippen LogP contribution in [0.4, 0.5) is 0 Å². The summed E-state index contributed by atoms with van der Waals surface area (Å²) in [6, 6.07) is -0.489. The van der Waals surface area contributed by atoms with Crippen molar-refractivity contribution in [2.45, 2.75) is 26.4 Å². The third-order valence-electron chi connectivity index (χ3n) is 2.16. The van der Waals surface area contributed by atoms with Gasteiger partial charge < -0.3 is 14.9 Å². The largest absolute Gasteiger partial charge is 0.493 e. The van der Waals surface area contributed by atoms with E-state index in [0.29, 0.717) is 5.56 Å². The molecule has 0 spiro atoms. The van der Waals surface area contributed by atoms with E-state index in [1.54, 1.807) is 0 Å². The maximum atomic E-state index is 9.55. The van der Waals surface area contributed by atoms with Gasteiger partial charge in [0.2, 0.25) is 11.8 Å². The number of hydrogen-bond acceptors (Lipinski definition) is 5. The fourth-order valence-electron chi connectivity index (χ4n) is 1.71. The number of allylic oxidation sites excluding steroid dienone is 1. The van der Waals surface area contributed by atoms with Crippen LogP contribution in [0.15, 0.2) is 6.08 Å². The molecule has 0 aromatic carbocycles. The quantitative estimate of drug-likeness (QED) is 0.675. The van der Waals surface area contributed by atoms with Crippen LogP contribution in [-0.2, 0) is 0 Å². The number of fused-ring (bicyclic) bond motifs is 1. The number of ether oxygens (including phenoxy) is 1. The number of rotatable bonds is 0. The molecule has 2 heterocycles. The zero-order valence-corrected chi connectivity index (χ0v) is 8.77. The monoisotopic (exact) mass is 208 g/mol. The summed E-state index contributed by atoms with van der Waals surface area (Å²) in [6.45, 7) is 5.58. The van der Waals surface area contributed by atoms with E-state index in [2.05, 4.69) is 9.97 Å². The minimum absolute atomic E-state index is 0.213. The summed E-state index contributed by atoms with van der Waals surface area (Å²) in [7, 11) is 0. The molecule has 0 bridgehead atoms. The second-order valence-electron chi connectivity index (χ2n) is 4.06. The highest BCUT2D eigenvalue weighted by molar-refractivity contribution is 5.73. The molecular weight excluding hydrogens is 196 g/mol. The molecule has 0 aliphatic carbocycles. The Morgan fingerprint density at radius 3 is 2.60 bits per heavy atom. The molecule has 2 N–H and O–H groups in total. The first-order valence-corrected chi connectivity index (χ1v) is 4.58. The van der Waals surface area contributed by atoms with Crippen molar-refractivity contribution in [1.29, 1.82) is 0 Å². The first-order valence-electron chi connectivity index (χ1n) is 4.58. The predicted molar refractivity (Wildman–Crippen MR) is 53.7 cm³/mol. The van der Waals surface area contributed by atoms with Gasteiger partial charge in [-0.25, -0.2) is 0 Å². The van der Waals surface area contributed by atoms with Gasteiger partial charge in [-0.15, -0.1) is 0 Å². The molecule has 1 aliphatic heterocycles. The van der Waals surface area contributed by atoms with E-state index >= 15 is 0 Å². The standard InChI is InChI=1S/C10H12N2O3/c1-5-4-10(2,3)15-8-6(5)7(13)11-9(14)12-8/h4H,1-3H3,(H2,11,12,13,14). The van der Waals surface area contributed by atoms with Crippen molar-refractivity contribution in [3.05, 3.63) is 11.6 Å². The van der Waals surface area contributed by atoms with Crippen LogP contribution in [-0.4, -0.2) is 25.8 Å². The average Bonchev–Trinajstić information content (AvgIpc) is 1.97. The van der Waals surface area contributed by atoms with Crippen LogP contribution >= 0.6 is 0 Å². The maximum absolute atomic E-state index is 9.55. The topological polar surface area (TPSA) is 75.5 Å². The van der Waals surface area contributed by atoms with Gasteiger partial charge in [0, 0.05) is 0 Å². The summed E-state index contributed by atoms with van der Waals surface area (Å²) in [5.74, 6) is -0.0493. The highest BCUT2D eigenvalue weighted by Gasteiger charge is 2.29. The van der Waals surface area contributed by atoms with Crippen molar-refractivity contribution in [2.24, 2.45) is 0 Å². The molecule has 0 amide bonds. The smallest absolute Gasteiger partial charge is 0.320 e. The molecule has 1 aliphatic rings. The molecule has 0 atom stereocenters. The van der Waals surface area contributed by atoms with Crippen molar-refractivity contribution >= 4 is 5.57 Å². The van der Waals surface area contributed by atoms with Gasteiger partial charge in [-0.05, 0) is 32.4 Å². The molecule has 0 saturated heterocycles. The molecule has 0 saturated carbocycles. The highest BCUT2D eigenvalue weighted by Crippen LogP contribution is 2.39. The second-order valence-corrected chi connectivity index (χ2v) is 4.06. The van der Waals surface area contributed by atoms with Crippen molar-refractivity contribution < 1.29 is 14.9 Å². The lowest BCUT2D eigenvalue weighted by Crippen LogP contribution is -2.29. The molecule has 1 aromatic rings. The normalized spacial score (nSPS) is 17.7. The van der Waals surface area contributed by atoms with Crippen LogP contribution in [0.5, 0.6) is 17.8 Å². The first kappa shape index (κ1) is 9.76. The Kier molecular flexibility index (Phi) is 1.86. The van der Waals surface area contributed by atoms with Gasteiger partial charge in [-0.1, -0.05) is 0 Å². The summed E-state index contributed by atoms with van der Waals surface area (Å²) < 4.78 is 5.50. The van der Waals surface area contributed by atoms with Crippen molar-refractivity contribution in [3.63, 3.8) is 0 Å². The van der Waals surface area contributed by atoms with Gasteiger partial charge in [0.15, 0.2) is 0 Å². The molecule has 15 heavy (non-hydrogen) atoms. The fraction of sp³-hybridized carbons (Fsp3) is 0.400. The molecule has 0 fully saturated rings. The summed E-state index contributed by atoms with van der Waals surface area (Å²) in [5.41, 5.74) is 0.774. The average molecular weight is 208 g/mol. The third-order valence-corrected chi connectivity index (χ3v) is 2.16. The molecular formula is C10H12N2O3. The lowest BCUT2D eigenvalue weighted by atomic mass is 9.98. The Hall–Kier alpha value is -1.78. The lowest BCUT2D eigenvalue weighted by molar-refractivity contribution is 0.147. The van der Waals surface area contributed by atoms with E-state index in [0.717, 1.165) is 5.57 Å². The van der Waals surface area contributed by atoms with Gasteiger partial charge in [0.1, 0.15) is 11.2 Å². The number of aromatic hydroxyl groups is 2.